The number of hydrogen-bond donors (Lipinski definition) is 1. The van der Waals surface area contributed by atoms with Crippen molar-refractivity contribution in [2.24, 2.45) is 0 Å². The molecular formula is C15H18ClN3O. The number of halogens is 1. The average Bonchev–Trinajstić information content (AvgIpc) is 2.44. The van der Waals surface area contributed by atoms with Gasteiger partial charge in [-0.25, -0.2) is 0 Å². The van der Waals surface area contributed by atoms with E-state index in [1.54, 1.807) is 6.07 Å². The summed E-state index contributed by atoms with van der Waals surface area (Å²) in [6, 6.07) is 9.77. The zero-order valence-electron chi connectivity index (χ0n) is 11.3. The maximum absolute atomic E-state index is 12.0. The fraction of sp³-hybridized carbons (Fsp3) is 0.467. The van der Waals surface area contributed by atoms with Crippen molar-refractivity contribution in [1.29, 1.82) is 5.26 Å². The van der Waals surface area contributed by atoms with Crippen LogP contribution in [0.15, 0.2) is 24.3 Å². The lowest BCUT2D eigenvalue weighted by atomic mass is 10.0. The van der Waals surface area contributed by atoms with Crippen molar-refractivity contribution in [2.45, 2.75) is 25.3 Å². The SMILES string of the molecule is N#CCN1CCC(NC(=O)Cc2ccccc2Cl)CC1. The summed E-state index contributed by atoms with van der Waals surface area (Å²) in [5.74, 6) is 0.0110. The summed E-state index contributed by atoms with van der Waals surface area (Å²) in [4.78, 5) is 14.1. The molecule has 0 aliphatic carbocycles. The van der Waals surface area contributed by atoms with E-state index < -0.39 is 0 Å². The van der Waals surface area contributed by atoms with Gasteiger partial charge in [0.25, 0.3) is 0 Å². The van der Waals surface area contributed by atoms with Crippen molar-refractivity contribution in [1.82, 2.24) is 10.2 Å². The number of hydrogen-bond acceptors (Lipinski definition) is 3. The van der Waals surface area contributed by atoms with Crippen molar-refractivity contribution in [2.75, 3.05) is 19.6 Å². The second-order valence-corrected chi connectivity index (χ2v) is 5.45. The molecule has 0 aromatic heterocycles. The molecule has 0 radical (unpaired) electrons. The van der Waals surface area contributed by atoms with Gasteiger partial charge in [-0.3, -0.25) is 9.69 Å². The molecule has 1 N–H and O–H groups in total. The molecule has 20 heavy (non-hydrogen) atoms. The molecule has 0 unspecified atom stereocenters. The Morgan fingerprint density at radius 2 is 2.10 bits per heavy atom. The van der Waals surface area contributed by atoms with Crippen LogP contribution in [-0.4, -0.2) is 36.5 Å². The maximum atomic E-state index is 12.0. The predicted octanol–water partition coefficient (Wildman–Crippen LogP) is 1.99. The molecule has 106 valence electrons. The molecule has 1 saturated heterocycles. The highest BCUT2D eigenvalue weighted by atomic mass is 35.5. The monoisotopic (exact) mass is 291 g/mol. The molecule has 1 heterocycles. The van der Waals surface area contributed by atoms with E-state index in [0.29, 0.717) is 18.0 Å². The normalized spacial score (nSPS) is 16.6. The third kappa shape index (κ3) is 4.22. The Morgan fingerprint density at radius 1 is 1.40 bits per heavy atom. The minimum Gasteiger partial charge on any atom is -0.353 e. The lowest BCUT2D eigenvalue weighted by Crippen LogP contribution is -2.45. The summed E-state index contributed by atoms with van der Waals surface area (Å²) in [6.45, 7) is 2.20. The zero-order valence-corrected chi connectivity index (χ0v) is 12.1. The molecule has 0 atom stereocenters. The molecule has 1 fully saturated rings. The number of carbonyl (C=O) groups is 1. The van der Waals surface area contributed by atoms with Crippen LogP contribution in [0.25, 0.3) is 0 Å². The summed E-state index contributed by atoms with van der Waals surface area (Å²) in [6.07, 6.45) is 2.12. The summed E-state index contributed by atoms with van der Waals surface area (Å²) in [5.41, 5.74) is 0.855. The van der Waals surface area contributed by atoms with E-state index >= 15 is 0 Å². The third-order valence-corrected chi connectivity index (χ3v) is 3.92. The van der Waals surface area contributed by atoms with Crippen LogP contribution < -0.4 is 5.32 Å². The van der Waals surface area contributed by atoms with Crippen LogP contribution in [-0.2, 0) is 11.2 Å². The number of piperidine rings is 1. The number of rotatable bonds is 4. The Balaban J connectivity index is 1.79. The first-order valence-corrected chi connectivity index (χ1v) is 7.19. The average molecular weight is 292 g/mol. The molecule has 0 spiro atoms. The van der Waals surface area contributed by atoms with Gasteiger partial charge in [0, 0.05) is 24.2 Å². The number of nitrogens with zero attached hydrogens (tertiary/aromatic N) is 2. The highest BCUT2D eigenvalue weighted by Gasteiger charge is 2.20. The number of benzene rings is 1. The molecule has 1 amide bonds. The first-order chi connectivity index (χ1) is 9.69. The van der Waals surface area contributed by atoms with Crippen molar-refractivity contribution in [3.05, 3.63) is 34.9 Å². The van der Waals surface area contributed by atoms with E-state index in [1.807, 2.05) is 18.2 Å². The first-order valence-electron chi connectivity index (χ1n) is 6.81. The Hall–Kier alpha value is -1.57. The van der Waals surface area contributed by atoms with E-state index in [2.05, 4.69) is 16.3 Å². The van der Waals surface area contributed by atoms with Gasteiger partial charge in [0.15, 0.2) is 0 Å². The Labute approximate surface area is 124 Å². The highest BCUT2D eigenvalue weighted by molar-refractivity contribution is 6.31. The first kappa shape index (κ1) is 14.8. The van der Waals surface area contributed by atoms with Crippen LogP contribution in [0, 0.1) is 11.3 Å². The Morgan fingerprint density at radius 3 is 2.75 bits per heavy atom. The van der Waals surface area contributed by atoms with Crippen LogP contribution in [0.3, 0.4) is 0 Å². The van der Waals surface area contributed by atoms with Gasteiger partial charge in [0.1, 0.15) is 0 Å². The standard InChI is InChI=1S/C15H18ClN3O/c16-14-4-2-1-3-12(14)11-15(20)18-13-5-8-19(9-6-13)10-7-17/h1-4,13H,5-6,8-11H2,(H,18,20). The van der Waals surface area contributed by atoms with Gasteiger partial charge in [0.05, 0.1) is 19.0 Å². The second kappa shape index (κ2) is 7.28. The molecular weight excluding hydrogens is 274 g/mol. The van der Waals surface area contributed by atoms with Crippen molar-refractivity contribution in [3.63, 3.8) is 0 Å². The largest absolute Gasteiger partial charge is 0.353 e. The highest BCUT2D eigenvalue weighted by Crippen LogP contribution is 2.16. The summed E-state index contributed by atoms with van der Waals surface area (Å²) >= 11 is 6.05. The number of amides is 1. The van der Waals surface area contributed by atoms with E-state index in [-0.39, 0.29) is 11.9 Å². The fourth-order valence-electron chi connectivity index (χ4n) is 2.43. The van der Waals surface area contributed by atoms with Crippen LogP contribution in [0.1, 0.15) is 18.4 Å². The summed E-state index contributed by atoms with van der Waals surface area (Å²) < 4.78 is 0. The van der Waals surface area contributed by atoms with Crippen LogP contribution in [0.5, 0.6) is 0 Å². The summed E-state index contributed by atoms with van der Waals surface area (Å²) in [5, 5.41) is 12.3. The molecule has 1 aliphatic rings. The molecule has 2 rings (SSSR count). The molecule has 1 aromatic carbocycles. The van der Waals surface area contributed by atoms with Gasteiger partial charge < -0.3 is 5.32 Å². The lowest BCUT2D eigenvalue weighted by molar-refractivity contribution is -0.121. The van der Waals surface area contributed by atoms with Crippen molar-refractivity contribution in [3.8, 4) is 6.07 Å². The molecule has 0 saturated carbocycles. The Kier molecular flexibility index (Phi) is 5.40. The van der Waals surface area contributed by atoms with Gasteiger partial charge in [-0.1, -0.05) is 29.8 Å². The van der Waals surface area contributed by atoms with Gasteiger partial charge in [-0.05, 0) is 24.5 Å². The van der Waals surface area contributed by atoms with E-state index in [9.17, 15) is 4.79 Å². The van der Waals surface area contributed by atoms with Gasteiger partial charge in [-0.15, -0.1) is 0 Å². The number of carbonyl (C=O) groups excluding carboxylic acids is 1. The topological polar surface area (TPSA) is 56.1 Å². The van der Waals surface area contributed by atoms with E-state index in [0.717, 1.165) is 31.5 Å². The van der Waals surface area contributed by atoms with Crippen LogP contribution in [0.2, 0.25) is 5.02 Å². The lowest BCUT2D eigenvalue weighted by Gasteiger charge is -2.30. The van der Waals surface area contributed by atoms with Crippen molar-refractivity contribution < 1.29 is 4.79 Å². The quantitative estimate of drug-likeness (QED) is 0.863. The number of likely N-dealkylation sites (tertiary alicyclic amines) is 1. The third-order valence-electron chi connectivity index (χ3n) is 3.56. The van der Waals surface area contributed by atoms with Gasteiger partial charge in [-0.2, -0.15) is 5.26 Å². The molecule has 1 aromatic rings. The fourth-order valence-corrected chi connectivity index (χ4v) is 2.63. The minimum absolute atomic E-state index is 0.0110. The minimum atomic E-state index is 0.0110. The van der Waals surface area contributed by atoms with Crippen LogP contribution in [0.4, 0.5) is 0 Å². The van der Waals surface area contributed by atoms with E-state index in [4.69, 9.17) is 16.9 Å². The second-order valence-electron chi connectivity index (χ2n) is 5.04. The maximum Gasteiger partial charge on any atom is 0.224 e. The van der Waals surface area contributed by atoms with E-state index in [1.165, 1.54) is 0 Å². The summed E-state index contributed by atoms with van der Waals surface area (Å²) in [7, 11) is 0. The number of nitrogens with one attached hydrogen (secondary N) is 1. The predicted molar refractivity (Wildman–Crippen MR) is 78.4 cm³/mol. The number of nitriles is 1. The van der Waals surface area contributed by atoms with Crippen LogP contribution >= 0.6 is 11.6 Å². The zero-order chi connectivity index (χ0) is 14.4. The molecule has 4 nitrogen and oxygen atoms in total. The van der Waals surface area contributed by atoms with Crippen molar-refractivity contribution >= 4 is 17.5 Å². The molecule has 1 aliphatic heterocycles. The molecule has 0 bridgehead atoms. The Bertz CT molecular complexity index is 504. The smallest absolute Gasteiger partial charge is 0.224 e. The van der Waals surface area contributed by atoms with Gasteiger partial charge >= 0.3 is 0 Å². The molecule has 5 heteroatoms. The van der Waals surface area contributed by atoms with Gasteiger partial charge in [0.2, 0.25) is 5.91 Å².